The van der Waals surface area contributed by atoms with E-state index >= 15 is 0 Å². The van der Waals surface area contributed by atoms with E-state index in [4.69, 9.17) is 4.80 Å². The summed E-state index contributed by atoms with van der Waals surface area (Å²) < 4.78 is 13.9. The molecule has 0 aromatic rings. The molecule has 38 valence electrons. The van der Waals surface area contributed by atoms with Crippen LogP contribution in [0.25, 0.3) is 0 Å². The summed E-state index contributed by atoms with van der Waals surface area (Å²) in [5, 5.41) is 0. The van der Waals surface area contributed by atoms with Crippen LogP contribution in [0.1, 0.15) is 0 Å². The molecule has 0 spiro atoms. The molecule has 0 aliphatic rings. The van der Waals surface area contributed by atoms with Crippen LogP contribution in [-0.2, 0) is 4.63 Å². The molecule has 0 rings (SSSR count). The Bertz CT molecular complexity index is 41.3. The van der Waals surface area contributed by atoms with Gasteiger partial charge in [-0.15, -0.1) is 0 Å². The Morgan fingerprint density at radius 2 is 1.83 bits per heavy atom. The monoisotopic (exact) mass is 110 g/mol. The Kier molecular flexibility index (Phi) is 1.70. The maximum absolute atomic E-state index is 10.8. The molecule has 0 radical (unpaired) electrons. The fourth-order valence-corrected chi connectivity index (χ4v) is 0. The minimum Gasteiger partial charge on any atom is -0.409 e. The van der Waals surface area contributed by atoms with Crippen molar-refractivity contribution in [2.75, 3.05) is 0 Å². The van der Waals surface area contributed by atoms with Crippen molar-refractivity contribution >= 4 is 8.56 Å². The molecular weight excluding hydrogens is 103 g/mol. The van der Waals surface area contributed by atoms with Gasteiger partial charge in [-0.25, -0.2) is 4.63 Å². The van der Waals surface area contributed by atoms with Gasteiger partial charge in [0.25, 0.3) is 0 Å². The van der Waals surface area contributed by atoms with E-state index in [2.05, 4.69) is 4.63 Å². The predicted octanol–water partition coefficient (Wildman–Crippen LogP) is 0.582. The van der Waals surface area contributed by atoms with Crippen molar-refractivity contribution in [3.63, 3.8) is 0 Å². The number of halogens is 1. The summed E-state index contributed by atoms with van der Waals surface area (Å²) in [6.07, 6.45) is 0. The van der Waals surface area contributed by atoms with E-state index in [1.807, 2.05) is 0 Å². The summed E-state index contributed by atoms with van der Waals surface area (Å²) in [5.41, 5.74) is 0. The van der Waals surface area contributed by atoms with Crippen LogP contribution >= 0.6 is 0 Å². The summed E-state index contributed by atoms with van der Waals surface area (Å²) in [5.74, 6) is 0. The highest BCUT2D eigenvalue weighted by atomic mass is 28.4. The Morgan fingerprint density at radius 3 is 1.83 bits per heavy atom. The molecule has 0 saturated carbocycles. The molecule has 0 fully saturated rings. The van der Waals surface area contributed by atoms with Crippen LogP contribution in [-0.4, -0.2) is 13.4 Å². The van der Waals surface area contributed by atoms with Crippen molar-refractivity contribution in [1.82, 2.24) is 0 Å². The van der Waals surface area contributed by atoms with Crippen molar-refractivity contribution < 1.29 is 14.0 Å². The Hall–Kier alpha value is 0.0669. The van der Waals surface area contributed by atoms with Gasteiger partial charge in [0.1, 0.15) is 0 Å². The lowest BCUT2D eigenvalue weighted by atomic mass is 11.9. The normalized spacial score (nSPS) is 12.0. The first-order valence-corrected chi connectivity index (χ1v) is 4.44. The Labute approximate surface area is 36.7 Å². The maximum Gasteiger partial charge on any atom is 0.373 e. The second-order valence-electron chi connectivity index (χ2n) is 1.52. The zero-order chi connectivity index (χ0) is 5.21. The van der Waals surface area contributed by atoms with Gasteiger partial charge in [-0.3, -0.25) is 0 Å². The van der Waals surface area contributed by atoms with Crippen molar-refractivity contribution in [3.8, 4) is 0 Å². The van der Waals surface area contributed by atoms with Gasteiger partial charge in [-0.2, -0.15) is 0 Å². The standard InChI is InChI=1S/C2H7FO2Si/c1-6(2,4)5-3/h4H,1-2H3. The smallest absolute Gasteiger partial charge is 0.373 e. The van der Waals surface area contributed by atoms with Gasteiger partial charge >= 0.3 is 8.56 Å². The maximum atomic E-state index is 10.8. The highest BCUT2D eigenvalue weighted by Gasteiger charge is 2.18. The largest absolute Gasteiger partial charge is 0.409 e. The molecule has 0 aliphatic heterocycles. The topological polar surface area (TPSA) is 29.5 Å². The van der Waals surface area contributed by atoms with E-state index in [9.17, 15) is 4.53 Å². The van der Waals surface area contributed by atoms with Gasteiger partial charge < -0.3 is 4.80 Å². The van der Waals surface area contributed by atoms with E-state index in [0.717, 1.165) is 0 Å². The average Bonchev–Trinajstić information content (AvgIpc) is 1.35. The third-order valence-corrected chi connectivity index (χ3v) is 0.566. The molecule has 0 atom stereocenters. The third kappa shape index (κ3) is 4.07. The molecule has 0 unspecified atom stereocenters. The fraction of sp³-hybridized carbons (Fsp3) is 1.00. The molecule has 4 heteroatoms. The van der Waals surface area contributed by atoms with Crippen LogP contribution in [0.15, 0.2) is 0 Å². The number of hydrogen-bond donors (Lipinski definition) is 1. The van der Waals surface area contributed by atoms with Gasteiger partial charge in [0.2, 0.25) is 0 Å². The summed E-state index contributed by atoms with van der Waals surface area (Å²) in [7, 11) is -2.80. The summed E-state index contributed by atoms with van der Waals surface area (Å²) >= 11 is 0. The van der Waals surface area contributed by atoms with Gasteiger partial charge in [-0.05, 0) is 13.1 Å². The second-order valence-corrected chi connectivity index (χ2v) is 4.57. The molecule has 6 heavy (non-hydrogen) atoms. The van der Waals surface area contributed by atoms with E-state index in [-0.39, 0.29) is 0 Å². The molecular formula is C2H7FO2Si. The molecule has 1 N–H and O–H groups in total. The molecule has 0 saturated heterocycles. The molecule has 0 aromatic carbocycles. The van der Waals surface area contributed by atoms with E-state index < -0.39 is 8.56 Å². The zero-order valence-electron chi connectivity index (χ0n) is 3.73. The van der Waals surface area contributed by atoms with Crippen LogP contribution in [0, 0.1) is 0 Å². The lowest BCUT2D eigenvalue weighted by molar-refractivity contribution is -0.0408. The van der Waals surface area contributed by atoms with Gasteiger partial charge in [0.15, 0.2) is 0 Å². The quantitative estimate of drug-likeness (QED) is 0.500. The number of rotatable bonds is 1. The highest BCUT2D eigenvalue weighted by Crippen LogP contribution is 1.95. The molecule has 0 aliphatic carbocycles. The van der Waals surface area contributed by atoms with Crippen LogP contribution < -0.4 is 0 Å². The zero-order valence-corrected chi connectivity index (χ0v) is 4.73. The first-order chi connectivity index (χ1) is 2.56. The lowest BCUT2D eigenvalue weighted by Crippen LogP contribution is -2.25. The van der Waals surface area contributed by atoms with Crippen LogP contribution in [0.3, 0.4) is 0 Å². The van der Waals surface area contributed by atoms with Crippen molar-refractivity contribution in [2.24, 2.45) is 0 Å². The average molecular weight is 110 g/mol. The van der Waals surface area contributed by atoms with E-state index in [0.29, 0.717) is 0 Å². The first-order valence-electron chi connectivity index (χ1n) is 1.58. The molecule has 0 aromatic heterocycles. The van der Waals surface area contributed by atoms with Gasteiger partial charge in [-0.1, -0.05) is 4.53 Å². The molecule has 2 nitrogen and oxygen atoms in total. The lowest BCUT2D eigenvalue weighted by Gasteiger charge is -2.02. The Balaban J connectivity index is 3.17. The minimum atomic E-state index is -2.80. The molecule has 0 amide bonds. The van der Waals surface area contributed by atoms with Gasteiger partial charge in [0.05, 0.1) is 0 Å². The van der Waals surface area contributed by atoms with E-state index in [1.54, 1.807) is 0 Å². The van der Waals surface area contributed by atoms with Crippen LogP contribution in [0.4, 0.5) is 4.53 Å². The fourth-order valence-electron chi connectivity index (χ4n) is 0. The molecule has 0 heterocycles. The summed E-state index contributed by atoms with van der Waals surface area (Å²) in [4.78, 5) is 8.37. The SMILES string of the molecule is C[Si](C)(O)OF. The van der Waals surface area contributed by atoms with Gasteiger partial charge in [0, 0.05) is 0 Å². The van der Waals surface area contributed by atoms with Crippen molar-refractivity contribution in [2.45, 2.75) is 13.1 Å². The number of hydrogen-bond acceptors (Lipinski definition) is 2. The first kappa shape index (κ1) is 6.07. The highest BCUT2D eigenvalue weighted by molar-refractivity contribution is 6.62. The van der Waals surface area contributed by atoms with Crippen molar-refractivity contribution in [1.29, 1.82) is 0 Å². The van der Waals surface area contributed by atoms with Crippen LogP contribution in [0.5, 0.6) is 0 Å². The summed E-state index contributed by atoms with van der Waals surface area (Å²) in [6.45, 7) is 2.68. The molecule has 0 bridgehead atoms. The van der Waals surface area contributed by atoms with E-state index in [1.165, 1.54) is 13.1 Å². The third-order valence-electron chi connectivity index (χ3n) is 0.189. The Morgan fingerprint density at radius 1 is 1.67 bits per heavy atom. The summed E-state index contributed by atoms with van der Waals surface area (Å²) in [6, 6.07) is 0. The predicted molar refractivity (Wildman–Crippen MR) is 21.9 cm³/mol. The minimum absolute atomic E-state index is 1.34. The van der Waals surface area contributed by atoms with Crippen molar-refractivity contribution in [3.05, 3.63) is 0 Å². The second kappa shape index (κ2) is 1.68. The van der Waals surface area contributed by atoms with Crippen LogP contribution in [0.2, 0.25) is 13.1 Å².